The molecule has 0 saturated carbocycles. The molecule has 1 aromatic carbocycles. The highest BCUT2D eigenvalue weighted by molar-refractivity contribution is 5.96. The summed E-state index contributed by atoms with van der Waals surface area (Å²) in [6.07, 6.45) is 2.92. The van der Waals surface area contributed by atoms with Gasteiger partial charge in [0.15, 0.2) is 0 Å². The van der Waals surface area contributed by atoms with Crippen LogP contribution < -0.4 is 10.2 Å². The molecule has 1 aromatic rings. The standard InChI is InChI=1S/C15H21N3O3/c1-3-11(2)16-15(19)12-6-7-13(14(10-12)18(20)21)17-8-4-5-9-17/h6-7,10-11H,3-5,8-9H2,1-2H3,(H,16,19). The molecule has 0 aliphatic carbocycles. The summed E-state index contributed by atoms with van der Waals surface area (Å²) in [5.74, 6) is -0.263. The molecule has 0 bridgehead atoms. The molecule has 0 radical (unpaired) electrons. The van der Waals surface area contributed by atoms with Crippen molar-refractivity contribution in [2.75, 3.05) is 18.0 Å². The summed E-state index contributed by atoms with van der Waals surface area (Å²) >= 11 is 0. The molecule has 2 rings (SSSR count). The second-order valence-electron chi connectivity index (χ2n) is 5.44. The monoisotopic (exact) mass is 291 g/mol. The SMILES string of the molecule is CCC(C)NC(=O)c1ccc(N2CCCC2)c([N+](=O)[O-])c1. The van der Waals surface area contributed by atoms with Gasteiger partial charge in [0, 0.05) is 30.8 Å². The third kappa shape index (κ3) is 3.51. The molecule has 1 fully saturated rings. The van der Waals surface area contributed by atoms with Gasteiger partial charge in [-0.3, -0.25) is 14.9 Å². The van der Waals surface area contributed by atoms with E-state index in [1.54, 1.807) is 12.1 Å². The first-order chi connectivity index (χ1) is 10.0. The molecule has 21 heavy (non-hydrogen) atoms. The van der Waals surface area contributed by atoms with Crippen molar-refractivity contribution in [2.45, 2.75) is 39.2 Å². The molecule has 1 aliphatic rings. The minimum atomic E-state index is -0.409. The van der Waals surface area contributed by atoms with Gasteiger partial charge in [0.05, 0.1) is 4.92 Å². The quantitative estimate of drug-likeness (QED) is 0.668. The van der Waals surface area contributed by atoms with Crippen molar-refractivity contribution >= 4 is 17.3 Å². The maximum Gasteiger partial charge on any atom is 0.293 e. The Hall–Kier alpha value is -2.11. The second-order valence-corrected chi connectivity index (χ2v) is 5.44. The Morgan fingerprint density at radius 1 is 1.43 bits per heavy atom. The molecule has 6 nitrogen and oxygen atoms in total. The normalized spacial score (nSPS) is 15.8. The summed E-state index contributed by atoms with van der Waals surface area (Å²) in [6, 6.07) is 4.79. The highest BCUT2D eigenvalue weighted by atomic mass is 16.6. The van der Waals surface area contributed by atoms with Crippen LogP contribution in [0.5, 0.6) is 0 Å². The minimum Gasteiger partial charge on any atom is -0.366 e. The van der Waals surface area contributed by atoms with Crippen molar-refractivity contribution < 1.29 is 9.72 Å². The zero-order valence-corrected chi connectivity index (χ0v) is 12.5. The molecule has 6 heteroatoms. The number of carbonyl (C=O) groups is 1. The Morgan fingerprint density at radius 2 is 2.10 bits per heavy atom. The van der Waals surface area contributed by atoms with Gasteiger partial charge in [0.1, 0.15) is 5.69 Å². The Labute approximate surface area is 124 Å². The summed E-state index contributed by atoms with van der Waals surface area (Å²) in [6.45, 7) is 5.55. The lowest BCUT2D eigenvalue weighted by Crippen LogP contribution is -2.32. The fraction of sp³-hybridized carbons (Fsp3) is 0.533. The van der Waals surface area contributed by atoms with Gasteiger partial charge in [-0.15, -0.1) is 0 Å². The largest absolute Gasteiger partial charge is 0.366 e. The number of anilines is 1. The van der Waals surface area contributed by atoms with Crippen LogP contribution in [0.2, 0.25) is 0 Å². The van der Waals surface area contributed by atoms with E-state index in [4.69, 9.17) is 0 Å². The number of rotatable bonds is 5. The Kier molecular flexibility index (Phi) is 4.77. The lowest BCUT2D eigenvalue weighted by Gasteiger charge is -2.18. The smallest absolute Gasteiger partial charge is 0.293 e. The lowest BCUT2D eigenvalue weighted by atomic mass is 10.1. The molecule has 0 aromatic heterocycles. The summed E-state index contributed by atoms with van der Waals surface area (Å²) < 4.78 is 0. The van der Waals surface area contributed by atoms with Gasteiger partial charge in [0.2, 0.25) is 0 Å². The highest BCUT2D eigenvalue weighted by Gasteiger charge is 2.24. The maximum absolute atomic E-state index is 12.1. The van der Waals surface area contributed by atoms with E-state index in [1.807, 2.05) is 18.7 Å². The van der Waals surface area contributed by atoms with Crippen LogP contribution in [0.4, 0.5) is 11.4 Å². The van der Waals surface area contributed by atoms with Crippen molar-refractivity contribution in [1.29, 1.82) is 0 Å². The van der Waals surface area contributed by atoms with Crippen molar-refractivity contribution in [3.8, 4) is 0 Å². The molecule has 0 spiro atoms. The van der Waals surface area contributed by atoms with Crippen LogP contribution in [0, 0.1) is 10.1 Å². The van der Waals surface area contributed by atoms with Crippen LogP contribution in [-0.2, 0) is 0 Å². The van der Waals surface area contributed by atoms with Crippen LogP contribution in [0.25, 0.3) is 0 Å². The van der Waals surface area contributed by atoms with Gasteiger partial charge in [-0.25, -0.2) is 0 Å². The van der Waals surface area contributed by atoms with Gasteiger partial charge >= 0.3 is 0 Å². The van der Waals surface area contributed by atoms with Crippen LogP contribution in [0.1, 0.15) is 43.5 Å². The van der Waals surface area contributed by atoms with Gasteiger partial charge in [0.25, 0.3) is 11.6 Å². The van der Waals surface area contributed by atoms with Crippen LogP contribution in [0.3, 0.4) is 0 Å². The van der Waals surface area contributed by atoms with E-state index in [0.717, 1.165) is 32.4 Å². The molecule has 1 heterocycles. The molecule has 1 N–H and O–H groups in total. The van der Waals surface area contributed by atoms with E-state index >= 15 is 0 Å². The molecule has 1 unspecified atom stereocenters. The van der Waals surface area contributed by atoms with Gasteiger partial charge in [-0.05, 0) is 38.3 Å². The van der Waals surface area contributed by atoms with Crippen LogP contribution in [0.15, 0.2) is 18.2 Å². The second kappa shape index (κ2) is 6.56. The fourth-order valence-electron chi connectivity index (χ4n) is 2.45. The summed E-state index contributed by atoms with van der Waals surface area (Å²) in [5.41, 5.74) is 0.955. The molecule has 1 saturated heterocycles. The van der Waals surface area contributed by atoms with Gasteiger partial charge < -0.3 is 10.2 Å². The average molecular weight is 291 g/mol. The van der Waals surface area contributed by atoms with Crippen LogP contribution >= 0.6 is 0 Å². The van der Waals surface area contributed by atoms with Crippen molar-refractivity contribution in [1.82, 2.24) is 5.32 Å². The third-order valence-electron chi connectivity index (χ3n) is 3.87. The first-order valence-electron chi connectivity index (χ1n) is 7.37. The topological polar surface area (TPSA) is 75.5 Å². The first-order valence-corrected chi connectivity index (χ1v) is 7.37. The van der Waals surface area contributed by atoms with Crippen molar-refractivity contribution in [2.24, 2.45) is 0 Å². The highest BCUT2D eigenvalue weighted by Crippen LogP contribution is 2.31. The fourth-order valence-corrected chi connectivity index (χ4v) is 2.45. The Balaban J connectivity index is 2.27. The van der Waals surface area contributed by atoms with Gasteiger partial charge in [-0.2, -0.15) is 0 Å². The molecule has 114 valence electrons. The number of benzene rings is 1. The van der Waals surface area contributed by atoms with Crippen molar-refractivity contribution in [3.63, 3.8) is 0 Å². The molecular formula is C15H21N3O3. The number of nitrogens with zero attached hydrogens (tertiary/aromatic N) is 2. The summed E-state index contributed by atoms with van der Waals surface area (Å²) in [4.78, 5) is 25.0. The van der Waals surface area contributed by atoms with Gasteiger partial charge in [-0.1, -0.05) is 6.92 Å². The Morgan fingerprint density at radius 3 is 2.67 bits per heavy atom. The summed E-state index contributed by atoms with van der Waals surface area (Å²) in [5, 5.41) is 14.1. The third-order valence-corrected chi connectivity index (χ3v) is 3.87. The first kappa shape index (κ1) is 15.3. The predicted octanol–water partition coefficient (Wildman–Crippen LogP) is 2.72. The molecule has 1 atom stereocenters. The number of hydrogen-bond donors (Lipinski definition) is 1. The van der Waals surface area contributed by atoms with E-state index in [2.05, 4.69) is 5.32 Å². The zero-order valence-electron chi connectivity index (χ0n) is 12.5. The van der Waals surface area contributed by atoms with E-state index in [-0.39, 0.29) is 17.6 Å². The molecule has 1 aliphatic heterocycles. The predicted molar refractivity (Wildman–Crippen MR) is 81.8 cm³/mol. The number of hydrogen-bond acceptors (Lipinski definition) is 4. The number of nitrogens with one attached hydrogen (secondary N) is 1. The van der Waals surface area contributed by atoms with Crippen molar-refractivity contribution in [3.05, 3.63) is 33.9 Å². The van der Waals surface area contributed by atoms with E-state index < -0.39 is 4.92 Å². The number of nitro benzene ring substituents is 1. The zero-order chi connectivity index (χ0) is 15.4. The lowest BCUT2D eigenvalue weighted by molar-refractivity contribution is -0.384. The minimum absolute atomic E-state index is 0.00806. The van der Waals surface area contributed by atoms with Crippen LogP contribution in [-0.4, -0.2) is 30.0 Å². The summed E-state index contributed by atoms with van der Waals surface area (Å²) in [7, 11) is 0. The molecule has 1 amide bonds. The Bertz CT molecular complexity index is 539. The number of carbonyl (C=O) groups excluding carboxylic acids is 1. The van der Waals surface area contributed by atoms with E-state index in [1.165, 1.54) is 6.07 Å². The number of amides is 1. The average Bonchev–Trinajstić information content (AvgIpc) is 3.00. The maximum atomic E-state index is 12.1. The van der Waals surface area contributed by atoms with E-state index in [9.17, 15) is 14.9 Å². The number of nitro groups is 1. The van der Waals surface area contributed by atoms with E-state index in [0.29, 0.717) is 11.3 Å². The molecular weight excluding hydrogens is 270 g/mol.